The predicted molar refractivity (Wildman–Crippen MR) is 63.4 cm³/mol. The molecule has 0 radical (unpaired) electrons. The Morgan fingerprint density at radius 2 is 1.87 bits per heavy atom. The van der Waals surface area contributed by atoms with Crippen molar-refractivity contribution < 1.29 is 9.47 Å². The highest BCUT2D eigenvalue weighted by atomic mass is 35.5. The Morgan fingerprint density at radius 1 is 1.13 bits per heavy atom. The third-order valence-corrected chi connectivity index (χ3v) is 2.22. The van der Waals surface area contributed by atoms with Crippen LogP contribution in [0.15, 0.2) is 12.1 Å². The molecule has 0 spiro atoms. The van der Waals surface area contributed by atoms with Gasteiger partial charge in [-0.25, -0.2) is 0 Å². The summed E-state index contributed by atoms with van der Waals surface area (Å²) in [5.41, 5.74) is 0. The Hall–Kier alpha value is -0.600. The molecule has 0 aromatic heterocycles. The number of benzene rings is 1. The Bertz CT molecular complexity index is 327. The van der Waals surface area contributed by atoms with E-state index >= 15 is 0 Å². The van der Waals surface area contributed by atoms with Gasteiger partial charge in [0.1, 0.15) is 0 Å². The third-order valence-electron chi connectivity index (χ3n) is 1.72. The molecule has 0 fully saturated rings. The van der Waals surface area contributed by atoms with Gasteiger partial charge in [-0.3, -0.25) is 0 Å². The maximum Gasteiger partial charge on any atom is 0.179 e. The Labute approximate surface area is 100 Å². The van der Waals surface area contributed by atoms with Crippen LogP contribution < -0.4 is 9.47 Å². The molecule has 0 atom stereocenters. The average molecular weight is 249 g/mol. The van der Waals surface area contributed by atoms with E-state index in [2.05, 4.69) is 0 Å². The minimum Gasteiger partial charge on any atom is -0.490 e. The largest absolute Gasteiger partial charge is 0.490 e. The van der Waals surface area contributed by atoms with Crippen LogP contribution >= 0.6 is 23.2 Å². The van der Waals surface area contributed by atoms with E-state index in [9.17, 15) is 0 Å². The van der Waals surface area contributed by atoms with Crippen LogP contribution in [0.25, 0.3) is 0 Å². The van der Waals surface area contributed by atoms with Crippen molar-refractivity contribution in [1.29, 1.82) is 0 Å². The normalized spacial score (nSPS) is 10.1. The molecule has 1 aromatic rings. The van der Waals surface area contributed by atoms with E-state index < -0.39 is 0 Å². The highest BCUT2D eigenvalue weighted by molar-refractivity contribution is 6.35. The lowest BCUT2D eigenvalue weighted by atomic mass is 10.3. The van der Waals surface area contributed by atoms with Crippen molar-refractivity contribution in [3.63, 3.8) is 0 Å². The van der Waals surface area contributed by atoms with E-state index in [1.807, 2.05) is 13.8 Å². The van der Waals surface area contributed by atoms with Gasteiger partial charge >= 0.3 is 0 Å². The number of halogens is 2. The molecule has 0 bridgehead atoms. The van der Waals surface area contributed by atoms with Crippen LogP contribution in [0.2, 0.25) is 10.0 Å². The summed E-state index contributed by atoms with van der Waals surface area (Å²) in [4.78, 5) is 0. The molecule has 2 nitrogen and oxygen atoms in total. The molecule has 0 aliphatic rings. The quantitative estimate of drug-likeness (QED) is 0.779. The molecule has 0 saturated heterocycles. The monoisotopic (exact) mass is 248 g/mol. The Morgan fingerprint density at radius 3 is 2.47 bits per heavy atom. The number of hydrogen-bond donors (Lipinski definition) is 0. The van der Waals surface area contributed by atoms with Gasteiger partial charge < -0.3 is 9.47 Å². The van der Waals surface area contributed by atoms with Crippen molar-refractivity contribution in [3.05, 3.63) is 22.2 Å². The van der Waals surface area contributed by atoms with Crippen molar-refractivity contribution in [2.75, 3.05) is 13.2 Å². The van der Waals surface area contributed by atoms with Gasteiger partial charge in [0, 0.05) is 11.1 Å². The first-order valence-corrected chi connectivity index (χ1v) is 5.69. The summed E-state index contributed by atoms with van der Waals surface area (Å²) in [6.07, 6.45) is 0.921. The molecule has 0 amide bonds. The minimum absolute atomic E-state index is 0.486. The Kier molecular flexibility index (Phi) is 5.06. The van der Waals surface area contributed by atoms with Crippen LogP contribution in [0.5, 0.6) is 11.5 Å². The zero-order chi connectivity index (χ0) is 11.3. The van der Waals surface area contributed by atoms with Gasteiger partial charge in [-0.15, -0.1) is 0 Å². The molecule has 0 aliphatic carbocycles. The molecular weight excluding hydrogens is 235 g/mol. The van der Waals surface area contributed by atoms with Gasteiger partial charge in [-0.05, 0) is 19.4 Å². The maximum atomic E-state index is 6.02. The minimum atomic E-state index is 0.486. The fourth-order valence-electron chi connectivity index (χ4n) is 1.14. The fraction of sp³-hybridized carbons (Fsp3) is 0.455. The zero-order valence-corrected chi connectivity index (χ0v) is 10.4. The molecular formula is C11H14Cl2O2. The van der Waals surface area contributed by atoms with Gasteiger partial charge in [0.2, 0.25) is 0 Å². The zero-order valence-electron chi connectivity index (χ0n) is 8.85. The maximum absolute atomic E-state index is 6.02. The predicted octanol–water partition coefficient (Wildman–Crippen LogP) is 4.18. The molecule has 0 heterocycles. The van der Waals surface area contributed by atoms with Crippen molar-refractivity contribution in [1.82, 2.24) is 0 Å². The standard InChI is InChI=1S/C11H14Cl2O2/c1-3-5-15-11-9(13)6-8(12)7-10(11)14-4-2/h6-7H,3-5H2,1-2H3. The molecule has 4 heteroatoms. The summed E-state index contributed by atoms with van der Waals surface area (Å²) in [7, 11) is 0. The molecule has 15 heavy (non-hydrogen) atoms. The van der Waals surface area contributed by atoms with Crippen molar-refractivity contribution in [3.8, 4) is 11.5 Å². The lowest BCUT2D eigenvalue weighted by Gasteiger charge is -2.13. The molecule has 1 rings (SSSR count). The van der Waals surface area contributed by atoms with Crippen molar-refractivity contribution in [2.24, 2.45) is 0 Å². The molecule has 84 valence electrons. The van der Waals surface area contributed by atoms with Crippen LogP contribution in [0.1, 0.15) is 20.3 Å². The number of rotatable bonds is 5. The molecule has 0 aliphatic heterocycles. The fourth-order valence-corrected chi connectivity index (χ4v) is 1.67. The lowest BCUT2D eigenvalue weighted by Crippen LogP contribution is -2.00. The van der Waals surface area contributed by atoms with Gasteiger partial charge in [-0.2, -0.15) is 0 Å². The van der Waals surface area contributed by atoms with Gasteiger partial charge in [0.25, 0.3) is 0 Å². The first kappa shape index (κ1) is 12.5. The highest BCUT2D eigenvalue weighted by Crippen LogP contribution is 2.38. The average Bonchev–Trinajstić information content (AvgIpc) is 2.17. The van der Waals surface area contributed by atoms with Crippen molar-refractivity contribution >= 4 is 23.2 Å². The van der Waals surface area contributed by atoms with Gasteiger partial charge in [-0.1, -0.05) is 30.1 Å². The van der Waals surface area contributed by atoms with Crippen LogP contribution in [-0.2, 0) is 0 Å². The summed E-state index contributed by atoms with van der Waals surface area (Å²) in [5.74, 6) is 1.17. The smallest absolute Gasteiger partial charge is 0.179 e. The van der Waals surface area contributed by atoms with E-state index in [1.54, 1.807) is 12.1 Å². The molecule has 0 unspecified atom stereocenters. The van der Waals surface area contributed by atoms with E-state index in [0.29, 0.717) is 34.8 Å². The first-order chi connectivity index (χ1) is 7.19. The van der Waals surface area contributed by atoms with Crippen LogP contribution in [-0.4, -0.2) is 13.2 Å². The second-order valence-electron chi connectivity index (χ2n) is 3.00. The number of ether oxygens (including phenoxy) is 2. The topological polar surface area (TPSA) is 18.5 Å². The van der Waals surface area contributed by atoms with Crippen LogP contribution in [0, 0.1) is 0 Å². The van der Waals surface area contributed by atoms with Crippen LogP contribution in [0.3, 0.4) is 0 Å². The first-order valence-electron chi connectivity index (χ1n) is 4.93. The van der Waals surface area contributed by atoms with E-state index in [-0.39, 0.29) is 0 Å². The van der Waals surface area contributed by atoms with E-state index in [4.69, 9.17) is 32.7 Å². The number of hydrogen-bond acceptors (Lipinski definition) is 2. The Balaban J connectivity index is 2.97. The van der Waals surface area contributed by atoms with Gasteiger partial charge in [0.15, 0.2) is 11.5 Å². The highest BCUT2D eigenvalue weighted by Gasteiger charge is 2.11. The molecule has 0 saturated carbocycles. The summed E-state index contributed by atoms with van der Waals surface area (Å²) in [5, 5.41) is 1.03. The van der Waals surface area contributed by atoms with Crippen molar-refractivity contribution in [2.45, 2.75) is 20.3 Å². The summed E-state index contributed by atoms with van der Waals surface area (Å²) in [6.45, 7) is 5.10. The molecule has 1 aromatic carbocycles. The SMILES string of the molecule is CCCOc1c(Cl)cc(Cl)cc1OCC. The molecule has 0 N–H and O–H groups in total. The third kappa shape index (κ3) is 3.47. The van der Waals surface area contributed by atoms with Crippen LogP contribution in [0.4, 0.5) is 0 Å². The van der Waals surface area contributed by atoms with Gasteiger partial charge in [0.05, 0.1) is 18.2 Å². The van der Waals surface area contributed by atoms with E-state index in [0.717, 1.165) is 6.42 Å². The lowest BCUT2D eigenvalue weighted by molar-refractivity contribution is 0.277. The summed E-state index contributed by atoms with van der Waals surface area (Å²) < 4.78 is 10.9. The summed E-state index contributed by atoms with van der Waals surface area (Å²) >= 11 is 11.9. The second kappa shape index (κ2) is 6.09. The van der Waals surface area contributed by atoms with E-state index in [1.165, 1.54) is 0 Å². The second-order valence-corrected chi connectivity index (χ2v) is 3.84. The summed E-state index contributed by atoms with van der Waals surface area (Å²) in [6, 6.07) is 3.36.